The predicted molar refractivity (Wildman–Crippen MR) is 99.4 cm³/mol. The van der Waals surface area contributed by atoms with Crippen molar-refractivity contribution in [2.45, 2.75) is 37.1 Å². The lowest BCUT2D eigenvalue weighted by molar-refractivity contribution is -0.129. The minimum atomic E-state index is -3.48. The molecule has 0 spiro atoms. The van der Waals surface area contributed by atoms with Crippen LogP contribution in [0.15, 0.2) is 41.4 Å². The summed E-state index contributed by atoms with van der Waals surface area (Å²) in [5.74, 6) is 0.762. The number of hydrogen-bond acceptors (Lipinski definition) is 5. The smallest absolute Gasteiger partial charge is 0.243 e. The summed E-state index contributed by atoms with van der Waals surface area (Å²) in [5, 5.41) is 0. The first kappa shape index (κ1) is 18.1. The molecular formula is C19H22N4O3S. The molecule has 0 radical (unpaired) electrons. The van der Waals surface area contributed by atoms with Crippen molar-refractivity contribution >= 4 is 15.9 Å². The number of aromatic nitrogens is 2. The Kier molecular flexibility index (Phi) is 4.69. The van der Waals surface area contributed by atoms with Gasteiger partial charge < -0.3 is 4.90 Å². The minimum absolute atomic E-state index is 0.000348. The zero-order valence-electron chi connectivity index (χ0n) is 15.2. The second kappa shape index (κ2) is 7.01. The number of rotatable bonds is 3. The van der Waals surface area contributed by atoms with Crippen molar-refractivity contribution in [2.24, 2.45) is 0 Å². The van der Waals surface area contributed by atoms with Crippen LogP contribution in [0, 0.1) is 0 Å². The molecule has 2 aliphatic heterocycles. The van der Waals surface area contributed by atoms with Gasteiger partial charge in [0.25, 0.3) is 0 Å². The Labute approximate surface area is 159 Å². The summed E-state index contributed by atoms with van der Waals surface area (Å²) < 4.78 is 27.1. The van der Waals surface area contributed by atoms with Gasteiger partial charge in [-0.05, 0) is 18.6 Å². The fraction of sp³-hybridized carbons (Fsp3) is 0.421. The third-order valence-corrected chi connectivity index (χ3v) is 7.17. The van der Waals surface area contributed by atoms with Crippen LogP contribution in [0.25, 0.3) is 0 Å². The molecule has 1 amide bonds. The lowest BCUT2D eigenvalue weighted by Crippen LogP contribution is -2.35. The number of benzene rings is 1. The number of nitrogens with zero attached hydrogens (tertiary/aromatic N) is 4. The number of carbonyl (C=O) groups excluding carboxylic acids is 1. The van der Waals surface area contributed by atoms with E-state index >= 15 is 0 Å². The average molecular weight is 386 g/mol. The van der Waals surface area contributed by atoms with Gasteiger partial charge in [-0.2, -0.15) is 4.31 Å². The van der Waals surface area contributed by atoms with Crippen LogP contribution in [0.4, 0.5) is 0 Å². The van der Waals surface area contributed by atoms with Crippen LogP contribution in [0.2, 0.25) is 0 Å². The molecule has 3 heterocycles. The van der Waals surface area contributed by atoms with Crippen LogP contribution in [0.5, 0.6) is 0 Å². The maximum absolute atomic E-state index is 12.8. The third kappa shape index (κ3) is 3.46. The van der Waals surface area contributed by atoms with E-state index in [0.29, 0.717) is 49.7 Å². The van der Waals surface area contributed by atoms with Crippen molar-refractivity contribution in [1.82, 2.24) is 19.2 Å². The molecule has 2 aromatic rings. The van der Waals surface area contributed by atoms with Gasteiger partial charge >= 0.3 is 0 Å². The summed E-state index contributed by atoms with van der Waals surface area (Å²) in [6.45, 7) is 3.65. The molecule has 0 bridgehead atoms. The zero-order valence-corrected chi connectivity index (χ0v) is 16.0. The maximum atomic E-state index is 12.8. The highest BCUT2D eigenvalue weighted by Gasteiger charge is 2.35. The van der Waals surface area contributed by atoms with Crippen molar-refractivity contribution in [2.75, 3.05) is 19.6 Å². The molecule has 4 rings (SSSR count). The van der Waals surface area contributed by atoms with Gasteiger partial charge in [0.2, 0.25) is 15.9 Å². The summed E-state index contributed by atoms with van der Waals surface area (Å²) in [5.41, 5.74) is 1.95. The van der Waals surface area contributed by atoms with Crippen molar-refractivity contribution in [1.29, 1.82) is 0 Å². The van der Waals surface area contributed by atoms with Gasteiger partial charge in [-0.25, -0.2) is 18.4 Å². The van der Waals surface area contributed by atoms with Crippen LogP contribution >= 0.6 is 0 Å². The second-order valence-electron chi connectivity index (χ2n) is 7.05. The van der Waals surface area contributed by atoms with Gasteiger partial charge in [0, 0.05) is 57.2 Å². The van der Waals surface area contributed by atoms with Crippen molar-refractivity contribution in [3.05, 3.63) is 53.6 Å². The molecule has 27 heavy (non-hydrogen) atoms. The molecule has 1 saturated heterocycles. The topological polar surface area (TPSA) is 83.5 Å². The summed E-state index contributed by atoms with van der Waals surface area (Å²) in [6.07, 6.45) is 3.22. The summed E-state index contributed by atoms with van der Waals surface area (Å²) >= 11 is 0. The molecule has 142 valence electrons. The normalized spacial score (nSPS) is 20.5. The fourth-order valence-corrected chi connectivity index (χ4v) is 5.22. The quantitative estimate of drug-likeness (QED) is 0.799. The molecule has 0 unspecified atom stereocenters. The molecule has 7 nitrogen and oxygen atoms in total. The van der Waals surface area contributed by atoms with Crippen LogP contribution in [-0.4, -0.2) is 53.1 Å². The van der Waals surface area contributed by atoms with Crippen LogP contribution < -0.4 is 0 Å². The van der Waals surface area contributed by atoms with Crippen LogP contribution in [0.1, 0.15) is 36.3 Å². The van der Waals surface area contributed by atoms with Gasteiger partial charge in [-0.1, -0.05) is 18.2 Å². The van der Waals surface area contributed by atoms with E-state index in [1.807, 2.05) is 0 Å². The van der Waals surface area contributed by atoms with Gasteiger partial charge in [0.05, 0.1) is 10.6 Å². The van der Waals surface area contributed by atoms with E-state index < -0.39 is 10.0 Å². The molecular weight excluding hydrogens is 364 g/mol. The number of amides is 1. The van der Waals surface area contributed by atoms with E-state index in [2.05, 4.69) is 4.98 Å². The molecule has 2 aliphatic rings. The molecule has 8 heteroatoms. The first-order valence-electron chi connectivity index (χ1n) is 9.10. The molecule has 1 atom stereocenters. The third-order valence-electron chi connectivity index (χ3n) is 5.30. The Bertz CT molecular complexity index is 962. The predicted octanol–water partition coefficient (Wildman–Crippen LogP) is 1.56. The standard InChI is InChI=1S/C19H22N4O3S/c1-14(24)22-9-8-18-16(12-22)11-20-19(21-18)15-7-10-23(13-15)27(25,26)17-5-3-2-4-6-17/h2-6,11,15H,7-10,12-13H2,1H3/t15-/m1/s1. The number of fused-ring (bicyclic) bond motifs is 1. The molecule has 0 saturated carbocycles. The Balaban J connectivity index is 1.51. The molecule has 0 N–H and O–H groups in total. The highest BCUT2D eigenvalue weighted by atomic mass is 32.2. The summed E-state index contributed by atoms with van der Waals surface area (Å²) in [6, 6.07) is 8.52. The Morgan fingerprint density at radius 3 is 2.70 bits per heavy atom. The first-order chi connectivity index (χ1) is 12.9. The van der Waals surface area contributed by atoms with Crippen molar-refractivity contribution in [3.8, 4) is 0 Å². The monoisotopic (exact) mass is 386 g/mol. The summed E-state index contributed by atoms with van der Waals surface area (Å²) in [7, 11) is -3.48. The fourth-order valence-electron chi connectivity index (χ4n) is 3.70. The van der Waals surface area contributed by atoms with E-state index in [1.54, 1.807) is 48.4 Å². The van der Waals surface area contributed by atoms with Gasteiger partial charge in [0.1, 0.15) is 5.82 Å². The van der Waals surface area contributed by atoms with E-state index in [-0.39, 0.29) is 11.8 Å². The van der Waals surface area contributed by atoms with E-state index in [4.69, 9.17) is 4.98 Å². The van der Waals surface area contributed by atoms with Gasteiger partial charge in [-0.15, -0.1) is 0 Å². The van der Waals surface area contributed by atoms with Crippen molar-refractivity contribution < 1.29 is 13.2 Å². The highest BCUT2D eigenvalue weighted by Crippen LogP contribution is 2.30. The second-order valence-corrected chi connectivity index (χ2v) is 8.99. The zero-order chi connectivity index (χ0) is 19.0. The van der Waals surface area contributed by atoms with Gasteiger partial charge in [0.15, 0.2) is 0 Å². The first-order valence-corrected chi connectivity index (χ1v) is 10.5. The largest absolute Gasteiger partial charge is 0.338 e. The van der Waals surface area contributed by atoms with E-state index in [0.717, 1.165) is 11.3 Å². The Hall–Kier alpha value is -2.32. The SMILES string of the molecule is CC(=O)N1CCc2nc([C@@H]3CCN(S(=O)(=O)c4ccccc4)C3)ncc2C1. The minimum Gasteiger partial charge on any atom is -0.338 e. The molecule has 0 aliphatic carbocycles. The van der Waals surface area contributed by atoms with E-state index in [1.165, 1.54) is 4.31 Å². The van der Waals surface area contributed by atoms with Crippen LogP contribution in [-0.2, 0) is 27.8 Å². The number of carbonyl (C=O) groups is 1. The Morgan fingerprint density at radius 1 is 1.19 bits per heavy atom. The molecule has 1 fully saturated rings. The van der Waals surface area contributed by atoms with Crippen molar-refractivity contribution in [3.63, 3.8) is 0 Å². The number of sulfonamides is 1. The number of hydrogen-bond donors (Lipinski definition) is 0. The van der Waals surface area contributed by atoms with E-state index in [9.17, 15) is 13.2 Å². The lowest BCUT2D eigenvalue weighted by Gasteiger charge is -2.27. The average Bonchev–Trinajstić information content (AvgIpc) is 3.19. The van der Waals surface area contributed by atoms with Crippen LogP contribution in [0.3, 0.4) is 0 Å². The Morgan fingerprint density at radius 2 is 1.96 bits per heavy atom. The maximum Gasteiger partial charge on any atom is 0.243 e. The summed E-state index contributed by atoms with van der Waals surface area (Å²) in [4.78, 5) is 22.9. The molecule has 1 aromatic heterocycles. The molecule has 1 aromatic carbocycles. The van der Waals surface area contributed by atoms with Gasteiger partial charge in [-0.3, -0.25) is 4.79 Å². The lowest BCUT2D eigenvalue weighted by atomic mass is 10.0. The highest BCUT2D eigenvalue weighted by molar-refractivity contribution is 7.89.